The number of aromatic nitrogens is 2. The number of hydrogen-bond donors (Lipinski definition) is 2. The minimum absolute atomic E-state index is 0.618. The second-order valence-electron chi connectivity index (χ2n) is 3.35. The monoisotopic (exact) mass is 224 g/mol. The topological polar surface area (TPSA) is 59.1 Å². The molecule has 5 nitrogen and oxygen atoms in total. The fourth-order valence-electron chi connectivity index (χ4n) is 1.31. The number of nitrogens with zero attached hydrogens (tertiary/aromatic N) is 2. The van der Waals surface area contributed by atoms with E-state index in [9.17, 15) is 0 Å². The number of nitrogens with one attached hydrogen (secondary N) is 2. The smallest absolute Gasteiger partial charge is 0.218 e. The van der Waals surface area contributed by atoms with Gasteiger partial charge in [0, 0.05) is 19.2 Å². The molecule has 0 aliphatic heterocycles. The fourth-order valence-corrected chi connectivity index (χ4v) is 1.31. The molecule has 1 aromatic heterocycles. The Balaban J connectivity index is 2.51. The van der Waals surface area contributed by atoms with E-state index in [0.29, 0.717) is 12.5 Å². The number of rotatable bonds is 7. The first-order valence-electron chi connectivity index (χ1n) is 5.69. The Morgan fingerprint density at radius 1 is 1.25 bits per heavy atom. The van der Waals surface area contributed by atoms with Crippen LogP contribution in [0.5, 0.6) is 5.88 Å². The van der Waals surface area contributed by atoms with Crippen LogP contribution in [-0.4, -0.2) is 36.2 Å². The van der Waals surface area contributed by atoms with Gasteiger partial charge < -0.3 is 15.4 Å². The summed E-state index contributed by atoms with van der Waals surface area (Å²) < 4.78 is 5.35. The first kappa shape index (κ1) is 12.7. The van der Waals surface area contributed by atoms with Gasteiger partial charge in [0.25, 0.3) is 0 Å². The van der Waals surface area contributed by atoms with Gasteiger partial charge in [0.15, 0.2) is 0 Å². The number of aryl methyl sites for hydroxylation is 1. The first-order valence-corrected chi connectivity index (χ1v) is 5.69. The molecule has 0 atom stereocenters. The average molecular weight is 224 g/mol. The van der Waals surface area contributed by atoms with Crippen molar-refractivity contribution in [2.45, 2.75) is 20.8 Å². The van der Waals surface area contributed by atoms with E-state index in [1.807, 2.05) is 19.9 Å². The van der Waals surface area contributed by atoms with Gasteiger partial charge in [-0.1, -0.05) is 6.92 Å². The zero-order valence-corrected chi connectivity index (χ0v) is 10.2. The van der Waals surface area contributed by atoms with Gasteiger partial charge in [-0.15, -0.1) is 0 Å². The third kappa shape index (κ3) is 4.44. The van der Waals surface area contributed by atoms with Gasteiger partial charge in [0.2, 0.25) is 5.88 Å². The zero-order chi connectivity index (χ0) is 11.8. The number of anilines is 1. The molecule has 0 amide bonds. The highest BCUT2D eigenvalue weighted by molar-refractivity contribution is 5.38. The highest BCUT2D eigenvalue weighted by Gasteiger charge is 2.01. The van der Waals surface area contributed by atoms with E-state index in [2.05, 4.69) is 27.5 Å². The summed E-state index contributed by atoms with van der Waals surface area (Å²) in [5.41, 5.74) is 0. The van der Waals surface area contributed by atoms with E-state index in [0.717, 1.165) is 31.3 Å². The van der Waals surface area contributed by atoms with E-state index in [1.54, 1.807) is 0 Å². The van der Waals surface area contributed by atoms with Crippen LogP contribution in [0.25, 0.3) is 0 Å². The summed E-state index contributed by atoms with van der Waals surface area (Å²) in [7, 11) is 0. The summed E-state index contributed by atoms with van der Waals surface area (Å²) in [5, 5.41) is 6.46. The predicted molar refractivity (Wildman–Crippen MR) is 65.0 cm³/mol. The lowest BCUT2D eigenvalue weighted by atomic mass is 10.5. The molecule has 90 valence electrons. The number of ether oxygens (including phenoxy) is 1. The molecule has 0 aromatic carbocycles. The Bertz CT molecular complexity index is 317. The lowest BCUT2D eigenvalue weighted by Crippen LogP contribution is -2.22. The number of likely N-dealkylation sites (N-methyl/N-ethyl adjacent to an activating group) is 1. The van der Waals surface area contributed by atoms with E-state index in [-0.39, 0.29) is 0 Å². The SMILES string of the molecule is CCNCCNc1cc(OCC)nc(C)n1. The van der Waals surface area contributed by atoms with E-state index >= 15 is 0 Å². The molecule has 0 aliphatic carbocycles. The van der Waals surface area contributed by atoms with Crippen LogP contribution in [0, 0.1) is 6.92 Å². The molecule has 0 aliphatic rings. The third-order valence-electron chi connectivity index (χ3n) is 1.96. The molecular weight excluding hydrogens is 204 g/mol. The molecule has 0 saturated heterocycles. The van der Waals surface area contributed by atoms with Gasteiger partial charge in [-0.3, -0.25) is 0 Å². The summed E-state index contributed by atoms with van der Waals surface area (Å²) >= 11 is 0. The second kappa shape index (κ2) is 7.00. The molecule has 5 heteroatoms. The molecule has 16 heavy (non-hydrogen) atoms. The van der Waals surface area contributed by atoms with Crippen molar-refractivity contribution in [3.8, 4) is 5.88 Å². The lowest BCUT2D eigenvalue weighted by molar-refractivity contribution is 0.325. The molecular formula is C11H20N4O. The Kier molecular flexibility index (Phi) is 5.56. The van der Waals surface area contributed by atoms with Crippen molar-refractivity contribution < 1.29 is 4.74 Å². The van der Waals surface area contributed by atoms with Crippen LogP contribution in [0.3, 0.4) is 0 Å². The van der Waals surface area contributed by atoms with Gasteiger partial charge in [0.1, 0.15) is 11.6 Å². The quantitative estimate of drug-likeness (QED) is 0.682. The predicted octanol–water partition coefficient (Wildman–Crippen LogP) is 1.21. The highest BCUT2D eigenvalue weighted by Crippen LogP contribution is 2.12. The summed E-state index contributed by atoms with van der Waals surface area (Å²) in [6.45, 7) is 9.25. The van der Waals surface area contributed by atoms with Gasteiger partial charge >= 0.3 is 0 Å². The van der Waals surface area contributed by atoms with Crippen molar-refractivity contribution in [3.05, 3.63) is 11.9 Å². The van der Waals surface area contributed by atoms with Crippen molar-refractivity contribution in [1.29, 1.82) is 0 Å². The Morgan fingerprint density at radius 3 is 2.75 bits per heavy atom. The minimum Gasteiger partial charge on any atom is -0.478 e. The van der Waals surface area contributed by atoms with Gasteiger partial charge in [-0.25, -0.2) is 4.98 Å². The van der Waals surface area contributed by atoms with Crippen molar-refractivity contribution in [3.63, 3.8) is 0 Å². The molecule has 1 aromatic rings. The van der Waals surface area contributed by atoms with Crippen LogP contribution >= 0.6 is 0 Å². The van der Waals surface area contributed by atoms with Gasteiger partial charge in [-0.05, 0) is 20.4 Å². The van der Waals surface area contributed by atoms with Crippen LogP contribution in [0.2, 0.25) is 0 Å². The second-order valence-corrected chi connectivity index (χ2v) is 3.35. The molecule has 0 fully saturated rings. The number of hydrogen-bond acceptors (Lipinski definition) is 5. The summed E-state index contributed by atoms with van der Waals surface area (Å²) in [6.07, 6.45) is 0. The van der Waals surface area contributed by atoms with Crippen molar-refractivity contribution in [1.82, 2.24) is 15.3 Å². The molecule has 2 N–H and O–H groups in total. The Morgan fingerprint density at radius 2 is 2.06 bits per heavy atom. The molecule has 0 spiro atoms. The summed E-state index contributed by atoms with van der Waals surface area (Å²) in [4.78, 5) is 8.46. The lowest BCUT2D eigenvalue weighted by Gasteiger charge is -2.08. The standard InChI is InChI=1S/C11H20N4O/c1-4-12-6-7-13-10-8-11(16-5-2)15-9(3)14-10/h8,12H,4-7H2,1-3H3,(H,13,14,15). The van der Waals surface area contributed by atoms with Crippen molar-refractivity contribution in [2.24, 2.45) is 0 Å². The maximum atomic E-state index is 5.35. The Hall–Kier alpha value is -1.36. The van der Waals surface area contributed by atoms with Gasteiger partial charge in [-0.2, -0.15) is 4.98 Å². The van der Waals surface area contributed by atoms with E-state index in [4.69, 9.17) is 4.74 Å². The third-order valence-corrected chi connectivity index (χ3v) is 1.96. The normalized spacial score (nSPS) is 10.2. The largest absolute Gasteiger partial charge is 0.478 e. The van der Waals surface area contributed by atoms with Crippen molar-refractivity contribution >= 4 is 5.82 Å². The summed E-state index contributed by atoms with van der Waals surface area (Å²) in [6, 6.07) is 1.82. The van der Waals surface area contributed by atoms with Crippen LogP contribution in [-0.2, 0) is 0 Å². The molecule has 0 radical (unpaired) electrons. The van der Waals surface area contributed by atoms with Crippen LogP contribution in [0.1, 0.15) is 19.7 Å². The maximum absolute atomic E-state index is 5.35. The van der Waals surface area contributed by atoms with Crippen LogP contribution < -0.4 is 15.4 Å². The van der Waals surface area contributed by atoms with Gasteiger partial charge in [0.05, 0.1) is 6.61 Å². The molecule has 0 unspecified atom stereocenters. The van der Waals surface area contributed by atoms with E-state index < -0.39 is 0 Å². The zero-order valence-electron chi connectivity index (χ0n) is 10.2. The highest BCUT2D eigenvalue weighted by atomic mass is 16.5. The average Bonchev–Trinajstić information content (AvgIpc) is 2.24. The molecule has 1 heterocycles. The van der Waals surface area contributed by atoms with Crippen LogP contribution in [0.4, 0.5) is 5.82 Å². The first-order chi connectivity index (χ1) is 7.76. The molecule has 1 rings (SSSR count). The van der Waals surface area contributed by atoms with Crippen LogP contribution in [0.15, 0.2) is 6.07 Å². The summed E-state index contributed by atoms with van der Waals surface area (Å²) in [5.74, 6) is 2.16. The Labute approximate surface area is 96.6 Å². The molecule has 0 bridgehead atoms. The molecule has 0 saturated carbocycles. The fraction of sp³-hybridized carbons (Fsp3) is 0.636. The minimum atomic E-state index is 0.618. The van der Waals surface area contributed by atoms with E-state index in [1.165, 1.54) is 0 Å². The van der Waals surface area contributed by atoms with Crippen molar-refractivity contribution in [2.75, 3.05) is 31.6 Å². The maximum Gasteiger partial charge on any atom is 0.218 e.